The fourth-order valence-corrected chi connectivity index (χ4v) is 1.84. The third kappa shape index (κ3) is 1.56. The molecule has 1 aromatic rings. The molecule has 3 nitrogen and oxygen atoms in total. The first-order chi connectivity index (χ1) is 6.70. The summed E-state index contributed by atoms with van der Waals surface area (Å²) < 4.78 is 0. The van der Waals surface area contributed by atoms with Crippen molar-refractivity contribution < 1.29 is 10.0 Å². The van der Waals surface area contributed by atoms with Gasteiger partial charge in [0.2, 0.25) is 0 Å². The maximum Gasteiger partial charge on any atom is 0.490 e. The Bertz CT molecular complexity index is 393. The smallest absolute Gasteiger partial charge is 0.423 e. The Labute approximate surface area is 87.2 Å². The van der Waals surface area contributed by atoms with Gasteiger partial charge in [-0.15, -0.1) is 0 Å². The summed E-state index contributed by atoms with van der Waals surface area (Å²) in [7, 11) is -1.49. The van der Waals surface area contributed by atoms with E-state index in [1.54, 1.807) is 18.3 Å². The van der Waals surface area contributed by atoms with Gasteiger partial charge in [-0.1, -0.05) is 17.7 Å². The molecule has 0 atom stereocenters. The van der Waals surface area contributed by atoms with E-state index < -0.39 is 7.12 Å². The van der Waals surface area contributed by atoms with Gasteiger partial charge >= 0.3 is 7.12 Å². The number of benzene rings is 1. The van der Waals surface area contributed by atoms with E-state index in [1.165, 1.54) is 0 Å². The lowest BCUT2D eigenvalue weighted by molar-refractivity contribution is 0.426. The molecule has 14 heavy (non-hydrogen) atoms. The largest absolute Gasteiger partial charge is 0.490 e. The average Bonchev–Trinajstić information content (AvgIpc) is 2.18. The highest BCUT2D eigenvalue weighted by Gasteiger charge is 2.21. The summed E-state index contributed by atoms with van der Waals surface area (Å²) in [5.74, 6) is 0. The van der Waals surface area contributed by atoms with Gasteiger partial charge in [0, 0.05) is 16.7 Å². The van der Waals surface area contributed by atoms with Gasteiger partial charge in [0.25, 0.3) is 0 Å². The van der Waals surface area contributed by atoms with Crippen LogP contribution in [-0.2, 0) is 6.42 Å². The Balaban J connectivity index is 2.61. The van der Waals surface area contributed by atoms with Crippen molar-refractivity contribution in [3.8, 4) is 0 Å². The molecule has 5 heteroatoms. The van der Waals surface area contributed by atoms with E-state index in [2.05, 4.69) is 4.99 Å². The van der Waals surface area contributed by atoms with Gasteiger partial charge in [-0.25, -0.2) is 0 Å². The number of nitrogens with zero attached hydrogens (tertiary/aromatic N) is 1. The molecule has 0 saturated heterocycles. The second-order valence-corrected chi connectivity index (χ2v) is 3.59. The van der Waals surface area contributed by atoms with Crippen LogP contribution >= 0.6 is 11.6 Å². The quantitative estimate of drug-likeness (QED) is 0.668. The van der Waals surface area contributed by atoms with Crippen LogP contribution in [0.15, 0.2) is 17.1 Å². The first-order valence-corrected chi connectivity index (χ1v) is 4.78. The molecule has 1 aliphatic rings. The topological polar surface area (TPSA) is 52.8 Å². The minimum absolute atomic E-state index is 0.417. The monoisotopic (exact) mass is 209 g/mol. The van der Waals surface area contributed by atoms with E-state index in [0.29, 0.717) is 16.2 Å². The van der Waals surface area contributed by atoms with Crippen molar-refractivity contribution in [3.05, 3.63) is 22.7 Å². The molecule has 72 valence electrons. The van der Waals surface area contributed by atoms with Gasteiger partial charge in [-0.3, -0.25) is 4.99 Å². The third-order valence-electron chi connectivity index (χ3n) is 2.28. The SMILES string of the molecule is OB(O)c1ccc(Cl)c2c1N=CCC2. The van der Waals surface area contributed by atoms with Gasteiger partial charge in [-0.2, -0.15) is 0 Å². The summed E-state index contributed by atoms with van der Waals surface area (Å²) >= 11 is 5.98. The molecular weight excluding hydrogens is 200 g/mol. The number of hydrogen-bond acceptors (Lipinski definition) is 3. The summed E-state index contributed by atoms with van der Waals surface area (Å²) in [4.78, 5) is 4.15. The summed E-state index contributed by atoms with van der Waals surface area (Å²) in [5.41, 5.74) is 1.93. The van der Waals surface area contributed by atoms with Crippen molar-refractivity contribution in [2.75, 3.05) is 0 Å². The van der Waals surface area contributed by atoms with Crippen molar-refractivity contribution in [2.24, 2.45) is 4.99 Å². The van der Waals surface area contributed by atoms with Crippen LogP contribution in [0, 0.1) is 0 Å². The lowest BCUT2D eigenvalue weighted by Gasteiger charge is -2.15. The Morgan fingerprint density at radius 1 is 1.36 bits per heavy atom. The fraction of sp³-hybridized carbons (Fsp3) is 0.222. The van der Waals surface area contributed by atoms with Gasteiger partial charge in [0.1, 0.15) is 0 Å². The van der Waals surface area contributed by atoms with E-state index in [1.807, 2.05) is 0 Å². The highest BCUT2D eigenvalue weighted by molar-refractivity contribution is 6.60. The van der Waals surface area contributed by atoms with Crippen LogP contribution in [-0.4, -0.2) is 23.4 Å². The maximum absolute atomic E-state index is 9.11. The van der Waals surface area contributed by atoms with Crippen molar-refractivity contribution in [1.82, 2.24) is 0 Å². The van der Waals surface area contributed by atoms with Crippen LogP contribution in [0.3, 0.4) is 0 Å². The molecule has 0 fully saturated rings. The maximum atomic E-state index is 9.11. The van der Waals surface area contributed by atoms with E-state index in [0.717, 1.165) is 18.4 Å². The van der Waals surface area contributed by atoms with Gasteiger partial charge in [0.05, 0.1) is 5.69 Å². The lowest BCUT2D eigenvalue weighted by atomic mass is 9.77. The molecule has 0 saturated carbocycles. The van der Waals surface area contributed by atoms with Gasteiger partial charge in [0.15, 0.2) is 0 Å². The summed E-state index contributed by atoms with van der Waals surface area (Å²) in [6.07, 6.45) is 3.42. The van der Waals surface area contributed by atoms with Crippen LogP contribution in [0.4, 0.5) is 5.69 Å². The Kier molecular flexibility index (Phi) is 2.59. The summed E-state index contributed by atoms with van der Waals surface area (Å²) in [5, 5.41) is 18.9. The van der Waals surface area contributed by atoms with E-state index in [9.17, 15) is 0 Å². The zero-order valence-corrected chi connectivity index (χ0v) is 8.20. The first kappa shape index (κ1) is 9.71. The van der Waals surface area contributed by atoms with Crippen LogP contribution in [0.5, 0.6) is 0 Å². The number of hydrogen-bond donors (Lipinski definition) is 2. The predicted molar refractivity (Wildman–Crippen MR) is 57.8 cm³/mol. The molecule has 0 aromatic heterocycles. The highest BCUT2D eigenvalue weighted by atomic mass is 35.5. The van der Waals surface area contributed by atoms with E-state index in [4.69, 9.17) is 21.6 Å². The lowest BCUT2D eigenvalue weighted by Crippen LogP contribution is -2.31. The molecule has 0 unspecified atom stereocenters. The van der Waals surface area contributed by atoms with Crippen molar-refractivity contribution in [3.63, 3.8) is 0 Å². The molecule has 2 rings (SSSR count). The highest BCUT2D eigenvalue weighted by Crippen LogP contribution is 2.28. The molecule has 1 aromatic carbocycles. The summed E-state index contributed by atoms with van der Waals surface area (Å²) in [6, 6.07) is 3.27. The third-order valence-corrected chi connectivity index (χ3v) is 2.63. The second kappa shape index (κ2) is 3.73. The van der Waals surface area contributed by atoms with Crippen LogP contribution < -0.4 is 5.46 Å². The normalized spacial score (nSPS) is 13.9. The standard InChI is InChI=1S/C9H9BClNO2/c11-8-4-3-7(10(13)14)9-6(8)2-1-5-12-9/h3-5,13-14H,1-2H2. The second-order valence-electron chi connectivity index (χ2n) is 3.19. The fourth-order valence-electron chi connectivity index (χ4n) is 1.59. The van der Waals surface area contributed by atoms with E-state index in [-0.39, 0.29) is 0 Å². The van der Waals surface area contributed by atoms with E-state index >= 15 is 0 Å². The molecule has 0 bridgehead atoms. The molecule has 0 amide bonds. The van der Waals surface area contributed by atoms with Crippen LogP contribution in [0.25, 0.3) is 0 Å². The van der Waals surface area contributed by atoms with Gasteiger partial charge in [-0.05, 0) is 24.5 Å². The van der Waals surface area contributed by atoms with Crippen LogP contribution in [0.2, 0.25) is 5.02 Å². The van der Waals surface area contributed by atoms with Crippen LogP contribution in [0.1, 0.15) is 12.0 Å². The Hall–Kier alpha value is -0.835. The van der Waals surface area contributed by atoms with Crippen molar-refractivity contribution in [2.45, 2.75) is 12.8 Å². The first-order valence-electron chi connectivity index (χ1n) is 4.40. The molecule has 2 N–H and O–H groups in total. The Morgan fingerprint density at radius 2 is 2.14 bits per heavy atom. The number of rotatable bonds is 1. The number of fused-ring (bicyclic) bond motifs is 1. The minimum atomic E-state index is -1.49. The molecule has 0 aliphatic carbocycles. The average molecular weight is 209 g/mol. The molecule has 0 radical (unpaired) electrons. The molecule has 1 aliphatic heterocycles. The van der Waals surface area contributed by atoms with Crippen molar-refractivity contribution >= 4 is 36.1 Å². The zero-order chi connectivity index (χ0) is 10.1. The zero-order valence-electron chi connectivity index (χ0n) is 7.44. The minimum Gasteiger partial charge on any atom is -0.423 e. The van der Waals surface area contributed by atoms with Crippen molar-refractivity contribution in [1.29, 1.82) is 0 Å². The number of aliphatic imine (C=N–C) groups is 1. The van der Waals surface area contributed by atoms with Gasteiger partial charge < -0.3 is 10.0 Å². The summed E-state index contributed by atoms with van der Waals surface area (Å²) in [6.45, 7) is 0. The Morgan fingerprint density at radius 3 is 2.86 bits per heavy atom. The molecule has 1 heterocycles. The molecule has 0 spiro atoms. The predicted octanol–water partition coefficient (Wildman–Crippen LogP) is 0.668. The number of halogens is 1. The molecular formula is C9H9BClNO2.